The highest BCUT2D eigenvalue weighted by atomic mass is 32.2. The standard InChI is InChI=1S/C13H16N2O4S/c16-13(17)8-15-6-5-9-7-10(1-4-12(9)15)14-20(18,19)11-2-3-11/h1,4,7,11,14H,2-3,5-6,8H2,(H,16,17). The van der Waals surface area contributed by atoms with E-state index in [-0.39, 0.29) is 11.8 Å². The second-order valence-electron chi connectivity index (χ2n) is 5.26. The maximum atomic E-state index is 11.9. The van der Waals surface area contributed by atoms with Crippen LogP contribution in [0.25, 0.3) is 0 Å². The van der Waals surface area contributed by atoms with Crippen molar-refractivity contribution in [3.05, 3.63) is 23.8 Å². The van der Waals surface area contributed by atoms with Crippen LogP contribution in [0.4, 0.5) is 11.4 Å². The average molecular weight is 296 g/mol. The van der Waals surface area contributed by atoms with Crippen LogP contribution in [0.15, 0.2) is 18.2 Å². The normalized spacial score (nSPS) is 17.9. The van der Waals surface area contributed by atoms with Gasteiger partial charge in [-0.05, 0) is 43.0 Å². The van der Waals surface area contributed by atoms with E-state index >= 15 is 0 Å². The summed E-state index contributed by atoms with van der Waals surface area (Å²) in [5.74, 6) is -0.864. The fourth-order valence-corrected chi connectivity index (χ4v) is 3.87. The molecule has 1 aliphatic heterocycles. The van der Waals surface area contributed by atoms with Gasteiger partial charge in [-0.25, -0.2) is 8.42 Å². The largest absolute Gasteiger partial charge is 0.480 e. The Hall–Kier alpha value is -1.76. The van der Waals surface area contributed by atoms with Crippen molar-refractivity contribution in [2.24, 2.45) is 0 Å². The van der Waals surface area contributed by atoms with Gasteiger partial charge in [0, 0.05) is 17.9 Å². The Morgan fingerprint density at radius 2 is 2.15 bits per heavy atom. The second kappa shape index (κ2) is 4.66. The van der Waals surface area contributed by atoms with E-state index in [1.807, 2.05) is 0 Å². The van der Waals surface area contributed by atoms with Crippen molar-refractivity contribution in [1.29, 1.82) is 0 Å². The van der Waals surface area contributed by atoms with E-state index in [1.165, 1.54) is 0 Å². The summed E-state index contributed by atoms with van der Waals surface area (Å²) in [5, 5.41) is 8.59. The van der Waals surface area contributed by atoms with Crippen molar-refractivity contribution in [3.8, 4) is 0 Å². The lowest BCUT2D eigenvalue weighted by atomic mass is 10.1. The molecule has 0 amide bonds. The Kier molecular flexibility index (Phi) is 3.08. The van der Waals surface area contributed by atoms with E-state index in [1.54, 1.807) is 23.1 Å². The first kappa shape index (κ1) is 13.2. The summed E-state index contributed by atoms with van der Waals surface area (Å²) in [7, 11) is -3.25. The molecule has 0 spiro atoms. The molecular weight excluding hydrogens is 280 g/mol. The fourth-order valence-electron chi connectivity index (χ4n) is 2.49. The molecule has 0 unspecified atom stereocenters. The number of carboxylic acids is 1. The number of carboxylic acid groups (broad SMARTS) is 1. The third kappa shape index (κ3) is 2.58. The third-order valence-corrected chi connectivity index (χ3v) is 5.49. The van der Waals surface area contributed by atoms with Crippen molar-refractivity contribution in [3.63, 3.8) is 0 Å². The second-order valence-corrected chi connectivity index (χ2v) is 7.22. The van der Waals surface area contributed by atoms with Gasteiger partial charge in [-0.3, -0.25) is 9.52 Å². The van der Waals surface area contributed by atoms with Crippen LogP contribution in [0.2, 0.25) is 0 Å². The average Bonchev–Trinajstić information content (AvgIpc) is 3.14. The van der Waals surface area contributed by atoms with E-state index in [0.717, 1.165) is 30.5 Å². The van der Waals surface area contributed by atoms with Crippen molar-refractivity contribution >= 4 is 27.4 Å². The van der Waals surface area contributed by atoms with Crippen LogP contribution in [-0.4, -0.2) is 37.8 Å². The molecule has 6 nitrogen and oxygen atoms in total. The topological polar surface area (TPSA) is 86.7 Å². The molecule has 0 bridgehead atoms. The molecule has 0 radical (unpaired) electrons. The number of rotatable bonds is 5. The summed E-state index contributed by atoms with van der Waals surface area (Å²) < 4.78 is 26.3. The summed E-state index contributed by atoms with van der Waals surface area (Å²) in [5.41, 5.74) is 2.43. The minimum Gasteiger partial charge on any atom is -0.480 e. The number of aliphatic carboxylic acids is 1. The molecule has 108 valence electrons. The van der Waals surface area contributed by atoms with E-state index in [2.05, 4.69) is 4.72 Å². The van der Waals surface area contributed by atoms with Gasteiger partial charge in [0.05, 0.1) is 5.25 Å². The van der Waals surface area contributed by atoms with Crippen molar-refractivity contribution in [2.45, 2.75) is 24.5 Å². The Bertz CT molecular complexity index is 652. The van der Waals surface area contributed by atoms with Crippen molar-refractivity contribution in [2.75, 3.05) is 22.7 Å². The predicted octanol–water partition coefficient (Wildman–Crippen LogP) is 1.04. The van der Waals surface area contributed by atoms with Crippen LogP contribution >= 0.6 is 0 Å². The summed E-state index contributed by atoms with van der Waals surface area (Å²) >= 11 is 0. The smallest absolute Gasteiger partial charge is 0.323 e. The van der Waals surface area contributed by atoms with Gasteiger partial charge < -0.3 is 10.0 Å². The quantitative estimate of drug-likeness (QED) is 0.847. The molecule has 0 aromatic heterocycles. The number of nitrogens with one attached hydrogen (secondary N) is 1. The van der Waals surface area contributed by atoms with Crippen LogP contribution in [-0.2, 0) is 21.2 Å². The predicted molar refractivity (Wildman–Crippen MR) is 75.6 cm³/mol. The van der Waals surface area contributed by atoms with Crippen LogP contribution in [0.3, 0.4) is 0 Å². The van der Waals surface area contributed by atoms with Gasteiger partial charge in [0.2, 0.25) is 10.0 Å². The Labute approximate surface area is 117 Å². The number of sulfonamides is 1. The van der Waals surface area contributed by atoms with Gasteiger partial charge in [-0.1, -0.05) is 0 Å². The highest BCUT2D eigenvalue weighted by Crippen LogP contribution is 2.33. The molecule has 20 heavy (non-hydrogen) atoms. The number of benzene rings is 1. The van der Waals surface area contributed by atoms with Crippen molar-refractivity contribution < 1.29 is 18.3 Å². The van der Waals surface area contributed by atoms with Crippen LogP contribution in [0.1, 0.15) is 18.4 Å². The van der Waals surface area contributed by atoms with Gasteiger partial charge >= 0.3 is 5.97 Å². The van der Waals surface area contributed by atoms with Gasteiger partial charge in [0.1, 0.15) is 6.54 Å². The number of hydrogen-bond donors (Lipinski definition) is 2. The molecule has 1 aliphatic carbocycles. The summed E-state index contributed by atoms with van der Waals surface area (Å²) in [4.78, 5) is 12.6. The fraction of sp³-hybridized carbons (Fsp3) is 0.462. The van der Waals surface area contributed by atoms with Gasteiger partial charge in [0.15, 0.2) is 0 Å². The Morgan fingerprint density at radius 1 is 1.40 bits per heavy atom. The van der Waals surface area contributed by atoms with Gasteiger partial charge in [-0.2, -0.15) is 0 Å². The number of fused-ring (bicyclic) bond motifs is 1. The number of anilines is 2. The third-order valence-electron chi connectivity index (χ3n) is 3.62. The first-order chi connectivity index (χ1) is 9.45. The minimum atomic E-state index is -3.25. The Morgan fingerprint density at radius 3 is 2.80 bits per heavy atom. The first-order valence-electron chi connectivity index (χ1n) is 6.57. The number of hydrogen-bond acceptors (Lipinski definition) is 4. The van der Waals surface area contributed by atoms with Crippen LogP contribution in [0.5, 0.6) is 0 Å². The molecule has 3 rings (SSSR count). The highest BCUT2D eigenvalue weighted by molar-refractivity contribution is 7.93. The monoisotopic (exact) mass is 296 g/mol. The van der Waals surface area contributed by atoms with E-state index in [0.29, 0.717) is 12.2 Å². The molecule has 1 saturated carbocycles. The molecule has 2 N–H and O–H groups in total. The summed E-state index contributed by atoms with van der Waals surface area (Å²) in [6.45, 7) is 0.626. The molecule has 7 heteroatoms. The number of carbonyl (C=O) groups is 1. The molecule has 1 aromatic rings. The lowest BCUT2D eigenvalue weighted by Gasteiger charge is -2.17. The van der Waals surface area contributed by atoms with Crippen LogP contribution < -0.4 is 9.62 Å². The maximum absolute atomic E-state index is 11.9. The molecule has 0 saturated heterocycles. The van der Waals surface area contributed by atoms with Crippen LogP contribution in [0, 0.1) is 0 Å². The van der Waals surface area contributed by atoms with E-state index in [9.17, 15) is 13.2 Å². The molecule has 1 aromatic carbocycles. The SMILES string of the molecule is O=C(O)CN1CCc2cc(NS(=O)(=O)C3CC3)ccc21. The molecule has 0 atom stereocenters. The maximum Gasteiger partial charge on any atom is 0.323 e. The van der Waals surface area contributed by atoms with Crippen molar-refractivity contribution in [1.82, 2.24) is 0 Å². The summed E-state index contributed by atoms with van der Waals surface area (Å²) in [6.07, 6.45) is 2.20. The molecular formula is C13H16N2O4S. The number of nitrogens with zero attached hydrogens (tertiary/aromatic N) is 1. The lowest BCUT2D eigenvalue weighted by molar-refractivity contribution is -0.135. The highest BCUT2D eigenvalue weighted by Gasteiger charge is 2.35. The van der Waals surface area contributed by atoms with E-state index < -0.39 is 16.0 Å². The zero-order valence-electron chi connectivity index (χ0n) is 10.9. The Balaban J connectivity index is 1.79. The first-order valence-corrected chi connectivity index (χ1v) is 8.11. The zero-order chi connectivity index (χ0) is 14.3. The zero-order valence-corrected chi connectivity index (χ0v) is 11.7. The van der Waals surface area contributed by atoms with E-state index in [4.69, 9.17) is 5.11 Å². The van der Waals surface area contributed by atoms with Gasteiger partial charge in [0.25, 0.3) is 0 Å². The molecule has 1 heterocycles. The summed E-state index contributed by atoms with van der Waals surface area (Å²) in [6, 6.07) is 5.28. The van der Waals surface area contributed by atoms with Gasteiger partial charge in [-0.15, -0.1) is 0 Å². The lowest BCUT2D eigenvalue weighted by Crippen LogP contribution is -2.27. The molecule has 1 fully saturated rings. The minimum absolute atomic E-state index is 0.0276. The molecule has 2 aliphatic rings.